The van der Waals surface area contributed by atoms with Crippen LogP contribution >= 0.6 is 0 Å². The highest BCUT2D eigenvalue weighted by Crippen LogP contribution is 2.39. The van der Waals surface area contributed by atoms with Crippen LogP contribution in [0, 0.1) is 0 Å². The quantitative estimate of drug-likeness (QED) is 0.424. The summed E-state index contributed by atoms with van der Waals surface area (Å²) in [5.41, 5.74) is 0.989. The lowest BCUT2D eigenvalue weighted by atomic mass is 10.1. The largest absolute Gasteiger partial charge is 0.497 e. The molecule has 4 rings (SSSR count). The molecule has 0 saturated carbocycles. The Morgan fingerprint density at radius 1 is 0.853 bits per heavy atom. The highest BCUT2D eigenvalue weighted by Gasteiger charge is 2.52. The van der Waals surface area contributed by atoms with Gasteiger partial charge in [0.1, 0.15) is 5.75 Å². The Bertz CT molecular complexity index is 992. The first-order chi connectivity index (χ1) is 16.3. The average Bonchev–Trinajstić information content (AvgIpc) is 2.87. The molecule has 0 bridgehead atoms. The van der Waals surface area contributed by atoms with Crippen LogP contribution in [-0.4, -0.2) is 34.2 Å². The van der Waals surface area contributed by atoms with E-state index in [0.29, 0.717) is 6.61 Å². The Morgan fingerprint density at radius 2 is 1.41 bits per heavy atom. The number of hydrogen-bond acceptors (Lipinski definition) is 4. The van der Waals surface area contributed by atoms with Crippen LogP contribution in [0.4, 0.5) is 0 Å². The van der Waals surface area contributed by atoms with E-state index in [1.165, 1.54) is 10.4 Å². The molecule has 0 amide bonds. The molecule has 0 radical (unpaired) electrons. The summed E-state index contributed by atoms with van der Waals surface area (Å²) in [4.78, 5) is 0. The maximum atomic E-state index is 7.27. The zero-order chi connectivity index (χ0) is 24.2. The van der Waals surface area contributed by atoms with Crippen molar-refractivity contribution < 1.29 is 18.6 Å². The molecule has 180 valence electrons. The normalized spacial score (nSPS) is 20.0. The van der Waals surface area contributed by atoms with Gasteiger partial charge in [-0.25, -0.2) is 0 Å². The molecule has 0 aromatic heterocycles. The Morgan fingerprint density at radius 3 is 1.91 bits per heavy atom. The van der Waals surface area contributed by atoms with Crippen molar-refractivity contribution >= 4 is 18.7 Å². The van der Waals surface area contributed by atoms with Crippen LogP contribution in [0.15, 0.2) is 84.9 Å². The third-order valence-corrected chi connectivity index (χ3v) is 11.8. The van der Waals surface area contributed by atoms with Gasteiger partial charge in [-0.05, 0) is 40.9 Å². The van der Waals surface area contributed by atoms with E-state index in [4.69, 9.17) is 18.6 Å². The molecular formula is C29H36O4Si. The smallest absolute Gasteiger partial charge is 0.261 e. The Hall–Kier alpha value is -2.44. The van der Waals surface area contributed by atoms with E-state index in [2.05, 4.69) is 88.4 Å². The molecule has 3 atom stereocenters. The Balaban J connectivity index is 1.65. The number of rotatable bonds is 7. The van der Waals surface area contributed by atoms with Gasteiger partial charge in [0.15, 0.2) is 6.29 Å². The highest BCUT2D eigenvalue weighted by atomic mass is 28.4. The monoisotopic (exact) mass is 476 g/mol. The third kappa shape index (κ3) is 4.98. The molecule has 1 fully saturated rings. The van der Waals surface area contributed by atoms with E-state index < -0.39 is 14.6 Å². The topological polar surface area (TPSA) is 36.9 Å². The van der Waals surface area contributed by atoms with Crippen molar-refractivity contribution in [1.82, 2.24) is 0 Å². The second kappa shape index (κ2) is 10.4. The van der Waals surface area contributed by atoms with Crippen molar-refractivity contribution in [3.8, 4) is 5.75 Å². The number of ether oxygens (including phenoxy) is 3. The minimum Gasteiger partial charge on any atom is -0.497 e. The lowest BCUT2D eigenvalue weighted by molar-refractivity contribution is -0.233. The van der Waals surface area contributed by atoms with Crippen LogP contribution in [0.5, 0.6) is 5.75 Å². The SMILES string of the molecule is COc1ccc(C2OCC[C@@H](C(C)O[Si](c3ccccc3)(c3ccccc3)C(C)(C)C)O2)cc1. The van der Waals surface area contributed by atoms with E-state index in [0.717, 1.165) is 17.7 Å². The lowest BCUT2D eigenvalue weighted by Gasteiger charge is -2.46. The fraction of sp³-hybridized carbons (Fsp3) is 0.379. The first-order valence-corrected chi connectivity index (χ1v) is 14.0. The first-order valence-electron chi connectivity index (χ1n) is 12.0. The van der Waals surface area contributed by atoms with Crippen LogP contribution in [0.3, 0.4) is 0 Å². The highest BCUT2D eigenvalue weighted by molar-refractivity contribution is 6.99. The molecule has 1 heterocycles. The zero-order valence-corrected chi connectivity index (χ0v) is 21.9. The molecule has 3 aromatic rings. The van der Waals surface area contributed by atoms with Crippen LogP contribution in [0.25, 0.3) is 0 Å². The summed E-state index contributed by atoms with van der Waals surface area (Å²) < 4.78 is 25.0. The molecule has 34 heavy (non-hydrogen) atoms. The van der Waals surface area contributed by atoms with Gasteiger partial charge >= 0.3 is 0 Å². The average molecular weight is 477 g/mol. The minimum atomic E-state index is -2.65. The summed E-state index contributed by atoms with van der Waals surface area (Å²) in [6, 6.07) is 29.4. The molecule has 3 aromatic carbocycles. The number of benzene rings is 3. The second-order valence-corrected chi connectivity index (χ2v) is 14.2. The molecule has 0 N–H and O–H groups in total. The fourth-order valence-electron chi connectivity index (χ4n) is 4.88. The summed E-state index contributed by atoms with van der Waals surface area (Å²) in [6.07, 6.45) is 0.222. The molecule has 1 aliphatic heterocycles. The number of methoxy groups -OCH3 is 1. The third-order valence-electron chi connectivity index (χ3n) is 6.66. The molecule has 0 aliphatic carbocycles. The van der Waals surface area contributed by atoms with E-state index >= 15 is 0 Å². The van der Waals surface area contributed by atoms with Crippen LogP contribution < -0.4 is 15.1 Å². The number of hydrogen-bond donors (Lipinski definition) is 0. The zero-order valence-electron chi connectivity index (χ0n) is 20.9. The van der Waals surface area contributed by atoms with Gasteiger partial charge in [0.25, 0.3) is 8.32 Å². The van der Waals surface area contributed by atoms with Crippen molar-refractivity contribution in [1.29, 1.82) is 0 Å². The standard InChI is InChI=1S/C29H36O4Si/c1-22(27-20-21-31-28(32-27)23-16-18-24(30-5)19-17-23)33-34(29(2,3)4,25-12-8-6-9-13-25)26-14-10-7-11-15-26/h6-19,22,27-28H,20-21H2,1-5H3/t22?,27-,28?/m0/s1. The molecule has 4 nitrogen and oxygen atoms in total. The van der Waals surface area contributed by atoms with Crippen molar-refractivity contribution in [2.75, 3.05) is 13.7 Å². The van der Waals surface area contributed by atoms with Gasteiger partial charge in [0, 0.05) is 5.56 Å². The van der Waals surface area contributed by atoms with Gasteiger partial charge in [0.05, 0.1) is 25.9 Å². The molecule has 1 saturated heterocycles. The molecular weight excluding hydrogens is 440 g/mol. The summed E-state index contributed by atoms with van der Waals surface area (Å²) in [5.74, 6) is 0.819. The maximum Gasteiger partial charge on any atom is 0.261 e. The lowest BCUT2D eigenvalue weighted by Crippen LogP contribution is -2.68. The summed E-state index contributed by atoms with van der Waals surface area (Å²) in [6.45, 7) is 9.70. The van der Waals surface area contributed by atoms with Crippen molar-refractivity contribution in [3.05, 3.63) is 90.5 Å². The summed E-state index contributed by atoms with van der Waals surface area (Å²) in [7, 11) is -0.978. The van der Waals surface area contributed by atoms with E-state index in [1.807, 2.05) is 24.3 Å². The first kappa shape index (κ1) is 24.7. The maximum absolute atomic E-state index is 7.27. The molecule has 1 aliphatic rings. The van der Waals surface area contributed by atoms with Gasteiger partial charge in [-0.1, -0.05) is 93.6 Å². The summed E-state index contributed by atoms with van der Waals surface area (Å²) in [5, 5.41) is 2.48. The second-order valence-electron chi connectivity index (χ2n) is 9.93. The summed E-state index contributed by atoms with van der Waals surface area (Å²) >= 11 is 0. The van der Waals surface area contributed by atoms with Gasteiger partial charge in [-0.15, -0.1) is 0 Å². The fourth-order valence-corrected chi connectivity index (χ4v) is 9.61. The predicted octanol–water partition coefficient (Wildman–Crippen LogP) is 5.46. The van der Waals surface area contributed by atoms with Gasteiger partial charge in [-0.3, -0.25) is 0 Å². The van der Waals surface area contributed by atoms with Gasteiger partial charge in [0.2, 0.25) is 0 Å². The van der Waals surface area contributed by atoms with Crippen LogP contribution in [0.1, 0.15) is 46.0 Å². The molecule has 2 unspecified atom stereocenters. The van der Waals surface area contributed by atoms with Crippen LogP contribution in [-0.2, 0) is 13.9 Å². The Kier molecular flexibility index (Phi) is 7.58. The van der Waals surface area contributed by atoms with Gasteiger partial charge in [-0.2, -0.15) is 0 Å². The van der Waals surface area contributed by atoms with E-state index in [9.17, 15) is 0 Å². The van der Waals surface area contributed by atoms with Crippen molar-refractivity contribution in [2.24, 2.45) is 0 Å². The molecule has 0 spiro atoms. The van der Waals surface area contributed by atoms with E-state index in [-0.39, 0.29) is 17.2 Å². The minimum absolute atomic E-state index is 0.0671. The molecule has 5 heteroatoms. The van der Waals surface area contributed by atoms with E-state index in [1.54, 1.807) is 7.11 Å². The predicted molar refractivity (Wildman–Crippen MR) is 139 cm³/mol. The van der Waals surface area contributed by atoms with Crippen LogP contribution in [0.2, 0.25) is 5.04 Å². The van der Waals surface area contributed by atoms with Gasteiger partial charge < -0.3 is 18.6 Å². The van der Waals surface area contributed by atoms with Crippen molar-refractivity contribution in [3.63, 3.8) is 0 Å². The Labute approximate surface area is 205 Å². The van der Waals surface area contributed by atoms with Crippen molar-refractivity contribution in [2.45, 2.75) is 57.7 Å².